The Morgan fingerprint density at radius 2 is 2.00 bits per heavy atom. The molecule has 0 spiro atoms. The Kier molecular flexibility index (Phi) is 8.01. The molecule has 2 aromatic carbocycles. The van der Waals surface area contributed by atoms with Crippen molar-refractivity contribution in [2.45, 2.75) is 18.2 Å². The number of benzene rings is 2. The Morgan fingerprint density at radius 3 is 2.67 bits per heavy atom. The summed E-state index contributed by atoms with van der Waals surface area (Å²) in [5.74, 6) is -0.541. The van der Waals surface area contributed by atoms with Gasteiger partial charge in [0.1, 0.15) is 27.4 Å². The minimum Gasteiger partial charge on any atom is -0.310 e. The van der Waals surface area contributed by atoms with Crippen LogP contribution in [0.4, 0.5) is 13.6 Å². The Hall–Kier alpha value is -3.02. The number of rotatable bonds is 7. The van der Waals surface area contributed by atoms with Gasteiger partial charge in [-0.25, -0.2) is 24.1 Å². The van der Waals surface area contributed by atoms with Crippen molar-refractivity contribution in [3.63, 3.8) is 0 Å². The number of carbonyl (C=O) groups excluding carboxylic acids is 1. The van der Waals surface area contributed by atoms with Gasteiger partial charge in [0.25, 0.3) is 0 Å². The third-order valence-corrected chi connectivity index (χ3v) is 6.55. The zero-order valence-electron chi connectivity index (χ0n) is 18.8. The predicted octanol–water partition coefficient (Wildman–Crippen LogP) is 3.67. The number of halogens is 2. The van der Waals surface area contributed by atoms with Crippen LogP contribution in [0.2, 0.25) is 0 Å². The van der Waals surface area contributed by atoms with Gasteiger partial charge in [-0.1, -0.05) is 42.1 Å². The molecule has 0 radical (unpaired) electrons. The number of amides is 2. The van der Waals surface area contributed by atoms with Gasteiger partial charge in [-0.2, -0.15) is 10.1 Å². The molecule has 33 heavy (non-hydrogen) atoms. The Morgan fingerprint density at radius 1 is 1.27 bits per heavy atom. The summed E-state index contributed by atoms with van der Waals surface area (Å²) >= 11 is 1.18. The molecule has 1 aliphatic heterocycles. The highest BCUT2D eigenvalue weighted by molar-refractivity contribution is 8.15. The van der Waals surface area contributed by atoms with Crippen LogP contribution in [0.1, 0.15) is 24.5 Å². The molecular weight excluding hydrogens is 450 g/mol. The summed E-state index contributed by atoms with van der Waals surface area (Å²) in [7, 11) is 4.48. The minimum absolute atomic E-state index is 0.0179. The van der Waals surface area contributed by atoms with E-state index in [0.717, 1.165) is 28.8 Å². The molecule has 11 heteroatoms. The largest absolute Gasteiger partial charge is 0.365 e. The molecule has 1 heterocycles. The van der Waals surface area contributed by atoms with Gasteiger partial charge in [-0.05, 0) is 30.7 Å². The molecule has 0 saturated carbocycles. The Bertz CT molecular complexity index is 1050. The summed E-state index contributed by atoms with van der Waals surface area (Å²) in [5, 5.41) is 6.94. The van der Waals surface area contributed by atoms with Crippen molar-refractivity contribution >= 4 is 28.7 Å². The lowest BCUT2D eigenvalue weighted by molar-refractivity contribution is -0.0805. The fraction of sp³-hybridized carbons (Fsp3) is 0.318. The van der Waals surface area contributed by atoms with Crippen molar-refractivity contribution in [2.75, 3.05) is 27.7 Å². The highest BCUT2D eigenvalue weighted by atomic mass is 32.2. The number of carbonyl (C=O) groups is 1. The summed E-state index contributed by atoms with van der Waals surface area (Å²) in [6.07, 6.45) is 0.374. The number of hydrogen-bond acceptors (Lipinski definition) is 6. The summed E-state index contributed by atoms with van der Waals surface area (Å²) in [6, 6.07) is 11.9. The van der Waals surface area contributed by atoms with Crippen LogP contribution < -0.4 is 10.9 Å². The van der Waals surface area contributed by atoms with Gasteiger partial charge < -0.3 is 5.43 Å². The van der Waals surface area contributed by atoms with Gasteiger partial charge in [0, 0.05) is 32.6 Å². The summed E-state index contributed by atoms with van der Waals surface area (Å²) < 4.78 is 28.6. The van der Waals surface area contributed by atoms with Crippen LogP contribution in [-0.4, -0.2) is 54.7 Å². The van der Waals surface area contributed by atoms with Crippen LogP contribution in [0.5, 0.6) is 0 Å². The van der Waals surface area contributed by atoms with Crippen LogP contribution in [0.3, 0.4) is 0 Å². The number of nitrogens with zero attached hydrogens (tertiary/aromatic N) is 4. The molecular formula is C22H26F2N6O2S. The second-order valence-electron chi connectivity index (χ2n) is 7.17. The molecule has 2 amide bonds. The van der Waals surface area contributed by atoms with Crippen molar-refractivity contribution in [1.29, 1.82) is 0 Å². The third-order valence-electron chi connectivity index (χ3n) is 5.10. The van der Waals surface area contributed by atoms with E-state index in [2.05, 4.69) is 20.9 Å². The van der Waals surface area contributed by atoms with E-state index >= 15 is 0 Å². The van der Waals surface area contributed by atoms with Crippen LogP contribution in [0, 0.1) is 11.6 Å². The van der Waals surface area contributed by atoms with Crippen LogP contribution in [0.25, 0.3) is 0 Å². The van der Waals surface area contributed by atoms with Crippen molar-refractivity contribution in [1.82, 2.24) is 20.9 Å². The average Bonchev–Trinajstić information content (AvgIpc) is 3.23. The van der Waals surface area contributed by atoms with Crippen LogP contribution in [0.15, 0.2) is 58.6 Å². The van der Waals surface area contributed by atoms with Crippen LogP contribution in [-0.2, 0) is 9.71 Å². The zero-order chi connectivity index (χ0) is 24.0. The first-order chi connectivity index (χ1) is 15.8. The lowest BCUT2D eigenvalue weighted by Crippen LogP contribution is -2.49. The van der Waals surface area contributed by atoms with Gasteiger partial charge >= 0.3 is 6.03 Å². The number of aliphatic imine (C=N–C) groups is 1. The maximum absolute atomic E-state index is 14.6. The average molecular weight is 477 g/mol. The highest BCUT2D eigenvalue weighted by Crippen LogP contribution is 2.50. The number of nitrogens with one attached hydrogen (secondary N) is 2. The molecule has 2 aromatic rings. The van der Waals surface area contributed by atoms with E-state index in [1.54, 1.807) is 7.05 Å². The van der Waals surface area contributed by atoms with Gasteiger partial charge in [0.2, 0.25) is 0 Å². The molecule has 2 N–H and O–H groups in total. The molecule has 176 valence electrons. The lowest BCUT2D eigenvalue weighted by Gasteiger charge is -2.37. The molecule has 1 unspecified atom stereocenters. The first kappa shape index (κ1) is 24.6. The minimum atomic E-state index is -1.05. The molecule has 1 aliphatic rings. The smallest absolute Gasteiger partial charge is 0.310 e. The number of hydrogen-bond donors (Lipinski definition) is 2. The molecule has 0 saturated heterocycles. The Balaban J connectivity index is 2.06. The fourth-order valence-corrected chi connectivity index (χ4v) is 4.61. The van der Waals surface area contributed by atoms with Gasteiger partial charge in [-0.15, -0.1) is 0 Å². The monoisotopic (exact) mass is 476 g/mol. The molecule has 8 nitrogen and oxygen atoms in total. The molecule has 0 fully saturated rings. The molecule has 0 aromatic heterocycles. The fourth-order valence-electron chi connectivity index (χ4n) is 3.23. The maximum atomic E-state index is 14.6. The van der Waals surface area contributed by atoms with E-state index in [1.807, 2.05) is 37.3 Å². The molecule has 3 rings (SSSR count). The van der Waals surface area contributed by atoms with E-state index in [4.69, 9.17) is 4.84 Å². The van der Waals surface area contributed by atoms with Gasteiger partial charge in [0.15, 0.2) is 0 Å². The van der Waals surface area contributed by atoms with E-state index in [0.29, 0.717) is 18.8 Å². The van der Waals surface area contributed by atoms with Crippen molar-refractivity contribution < 1.29 is 18.4 Å². The normalized spacial score (nSPS) is 18.3. The highest BCUT2D eigenvalue weighted by Gasteiger charge is 2.49. The zero-order valence-corrected chi connectivity index (χ0v) is 19.6. The van der Waals surface area contributed by atoms with E-state index in [9.17, 15) is 13.6 Å². The topological polar surface area (TPSA) is 81.6 Å². The second kappa shape index (κ2) is 10.7. The number of urea groups is 1. The molecule has 0 bridgehead atoms. The number of hydroxylamine groups is 2. The van der Waals surface area contributed by atoms with Gasteiger partial charge in [0.05, 0.1) is 7.11 Å². The van der Waals surface area contributed by atoms with Gasteiger partial charge in [-0.3, -0.25) is 9.83 Å². The third kappa shape index (κ3) is 5.32. The maximum Gasteiger partial charge on any atom is 0.365 e. The number of hydrazone groups is 1. The number of hydrazine groups is 1. The first-order valence-electron chi connectivity index (χ1n) is 10.1. The molecule has 0 aliphatic carbocycles. The van der Waals surface area contributed by atoms with Crippen molar-refractivity contribution in [3.8, 4) is 0 Å². The number of thioether (sulfide) groups is 1. The van der Waals surface area contributed by atoms with E-state index < -0.39 is 22.5 Å². The second-order valence-corrected chi connectivity index (χ2v) is 8.43. The van der Waals surface area contributed by atoms with Crippen molar-refractivity contribution in [3.05, 3.63) is 71.3 Å². The quantitative estimate of drug-likeness (QED) is 0.276. The van der Waals surface area contributed by atoms with Crippen molar-refractivity contribution in [2.24, 2.45) is 10.1 Å². The standard InChI is InChI=1S/C22H26F2N6O2S/c1-15(25-2)27-26-13-12-22(16-8-6-5-7-9-16)30(21(31)29(3)32-4)28-20(33-22)18-14-17(23)10-11-19(18)24/h5-11,14,26H,12-13H2,1-4H3,(H,25,27). The lowest BCUT2D eigenvalue weighted by atomic mass is 10.0. The first-order valence-corrected chi connectivity index (χ1v) is 11.0. The molecule has 1 atom stereocenters. The summed E-state index contributed by atoms with van der Waals surface area (Å²) in [4.78, 5) is 21.3. The van der Waals surface area contributed by atoms with Crippen LogP contribution >= 0.6 is 11.8 Å². The predicted molar refractivity (Wildman–Crippen MR) is 125 cm³/mol. The SMILES string of the molecule is C/N=C(\C)NNCCC1(c2ccccc2)SC(c2cc(F)ccc2F)=NN1C(=O)N(C)OC. The van der Waals surface area contributed by atoms with E-state index in [-0.39, 0.29) is 10.6 Å². The van der Waals surface area contributed by atoms with E-state index in [1.165, 1.54) is 30.9 Å². The number of amidine groups is 1. The summed E-state index contributed by atoms with van der Waals surface area (Å²) in [5.41, 5.74) is 6.79. The summed E-state index contributed by atoms with van der Waals surface area (Å²) in [6.45, 7) is 2.21. The Labute approximate surface area is 195 Å².